The number of aliphatic imine (C=N–C) groups is 1. The van der Waals surface area contributed by atoms with E-state index in [9.17, 15) is 14.3 Å². The molecule has 0 aliphatic heterocycles. The molecule has 190 valence electrons. The summed E-state index contributed by atoms with van der Waals surface area (Å²) in [6.07, 6.45) is 0. The van der Waals surface area contributed by atoms with Crippen molar-refractivity contribution in [2.75, 3.05) is 20.6 Å². The van der Waals surface area contributed by atoms with Gasteiger partial charge >= 0.3 is 0 Å². The Kier molecular flexibility index (Phi) is 8.83. The first kappa shape index (κ1) is 27.2. The van der Waals surface area contributed by atoms with E-state index < -0.39 is 0 Å². The maximum atomic E-state index is 14.8. The van der Waals surface area contributed by atoms with Crippen LogP contribution < -0.4 is 5.32 Å². The van der Waals surface area contributed by atoms with Crippen LogP contribution >= 0.6 is 0 Å². The summed E-state index contributed by atoms with van der Waals surface area (Å²) in [5.41, 5.74) is 4.05. The molecule has 7 heteroatoms. The lowest BCUT2D eigenvalue weighted by Crippen LogP contribution is -2.20. The summed E-state index contributed by atoms with van der Waals surface area (Å²) in [5.74, 6) is 4.63. The highest BCUT2D eigenvalue weighted by Gasteiger charge is 2.19. The Morgan fingerprint density at radius 1 is 1.11 bits per heavy atom. The first-order valence-corrected chi connectivity index (χ1v) is 11.6. The van der Waals surface area contributed by atoms with Crippen LogP contribution in [0.4, 0.5) is 10.1 Å². The molecule has 1 heterocycles. The molecular weight excluding hydrogens is 467 g/mol. The van der Waals surface area contributed by atoms with Crippen LogP contribution in [-0.2, 0) is 11.3 Å². The van der Waals surface area contributed by atoms with Gasteiger partial charge < -0.3 is 20.3 Å². The molecule has 0 bridgehead atoms. The number of amides is 1. The van der Waals surface area contributed by atoms with Crippen LogP contribution in [0.15, 0.2) is 71.7 Å². The van der Waals surface area contributed by atoms with Crippen molar-refractivity contribution < 1.29 is 14.3 Å². The maximum absolute atomic E-state index is 14.8. The molecule has 4 aromatic rings. The van der Waals surface area contributed by atoms with E-state index in [-0.39, 0.29) is 25.0 Å². The van der Waals surface area contributed by atoms with Crippen molar-refractivity contribution in [3.8, 4) is 17.7 Å². The molecule has 0 unspecified atom stereocenters. The third-order valence-corrected chi connectivity index (χ3v) is 5.48. The van der Waals surface area contributed by atoms with Gasteiger partial charge in [0, 0.05) is 41.1 Å². The Morgan fingerprint density at radius 3 is 2.54 bits per heavy atom. The maximum Gasteiger partial charge on any atom is 0.296 e. The molecule has 0 saturated carbocycles. The number of aromatic amines is 1. The minimum Gasteiger partial charge on any atom is -0.494 e. The molecule has 0 spiro atoms. The Morgan fingerprint density at radius 2 is 1.86 bits per heavy atom. The Balaban J connectivity index is 0.00000380. The molecule has 0 aliphatic carbocycles. The quantitative estimate of drug-likeness (QED) is 0.247. The number of carbonyl (C=O) groups excluding carboxylic acids is 1. The van der Waals surface area contributed by atoms with Gasteiger partial charge in [-0.15, -0.1) is 0 Å². The standard InChI is InChI=1S/C29H27FN4O2.CH4/c1-4-31-26(35)15-11-19-10-14-23-25(16-19)33-29(36)27(23)28(20-8-6-5-7-9-20)32-22-13-12-21(18-34(2)3)24(30)17-22;/h5-10,12-14,16-17,33,36H,4,18H2,1-3H3,(H,31,35);1H4. The van der Waals surface area contributed by atoms with Crippen molar-refractivity contribution >= 4 is 28.2 Å². The molecule has 0 fully saturated rings. The van der Waals surface area contributed by atoms with Gasteiger partial charge in [0.15, 0.2) is 5.88 Å². The first-order chi connectivity index (χ1) is 17.4. The second kappa shape index (κ2) is 12.0. The summed E-state index contributed by atoms with van der Waals surface area (Å²) >= 11 is 0. The molecule has 0 saturated heterocycles. The van der Waals surface area contributed by atoms with Crippen molar-refractivity contribution in [2.24, 2.45) is 4.99 Å². The van der Waals surface area contributed by atoms with Crippen LogP contribution in [0.5, 0.6) is 5.88 Å². The van der Waals surface area contributed by atoms with Gasteiger partial charge in [0.2, 0.25) is 0 Å². The van der Waals surface area contributed by atoms with Crippen molar-refractivity contribution in [1.82, 2.24) is 15.2 Å². The van der Waals surface area contributed by atoms with Crippen LogP contribution in [0.1, 0.15) is 36.6 Å². The zero-order chi connectivity index (χ0) is 25.7. The van der Waals surface area contributed by atoms with E-state index in [1.165, 1.54) is 6.07 Å². The van der Waals surface area contributed by atoms with Gasteiger partial charge in [-0.1, -0.05) is 55.8 Å². The van der Waals surface area contributed by atoms with Crippen LogP contribution in [-0.4, -0.2) is 47.2 Å². The van der Waals surface area contributed by atoms with E-state index in [2.05, 4.69) is 22.1 Å². The fourth-order valence-electron chi connectivity index (χ4n) is 3.90. The van der Waals surface area contributed by atoms with Gasteiger partial charge in [0.1, 0.15) is 5.82 Å². The number of halogens is 1. The van der Waals surface area contributed by atoms with Crippen molar-refractivity contribution in [3.63, 3.8) is 0 Å². The summed E-state index contributed by atoms with van der Waals surface area (Å²) < 4.78 is 14.8. The molecule has 1 aromatic heterocycles. The summed E-state index contributed by atoms with van der Waals surface area (Å²) in [6, 6.07) is 19.7. The fourth-order valence-corrected chi connectivity index (χ4v) is 3.90. The summed E-state index contributed by atoms with van der Waals surface area (Å²) in [6.45, 7) is 2.81. The minimum atomic E-state index is -0.352. The Bertz CT molecular complexity index is 1490. The molecule has 3 N–H and O–H groups in total. The lowest BCUT2D eigenvalue weighted by Gasteiger charge is -2.11. The average molecular weight is 499 g/mol. The van der Waals surface area contributed by atoms with Gasteiger partial charge in [0.05, 0.1) is 22.5 Å². The molecule has 0 atom stereocenters. The van der Waals surface area contributed by atoms with E-state index >= 15 is 0 Å². The number of carbonyl (C=O) groups is 1. The van der Waals surface area contributed by atoms with Gasteiger partial charge in [0.25, 0.3) is 5.91 Å². The van der Waals surface area contributed by atoms with Gasteiger partial charge in [-0.3, -0.25) is 4.79 Å². The lowest BCUT2D eigenvalue weighted by molar-refractivity contribution is -0.115. The molecule has 6 nitrogen and oxygen atoms in total. The Hall–Kier alpha value is -4.41. The highest BCUT2D eigenvalue weighted by atomic mass is 19.1. The predicted molar refractivity (Wildman–Crippen MR) is 148 cm³/mol. The van der Waals surface area contributed by atoms with E-state index in [0.29, 0.717) is 46.7 Å². The smallest absolute Gasteiger partial charge is 0.296 e. The second-order valence-corrected chi connectivity index (χ2v) is 8.56. The summed E-state index contributed by atoms with van der Waals surface area (Å²) in [5, 5.41) is 14.3. The molecule has 1 amide bonds. The van der Waals surface area contributed by atoms with Gasteiger partial charge in [-0.05, 0) is 45.3 Å². The number of aromatic hydroxyl groups is 1. The number of fused-ring (bicyclic) bond motifs is 1. The normalized spacial score (nSPS) is 11.1. The number of nitrogens with one attached hydrogen (secondary N) is 2. The topological polar surface area (TPSA) is 80.7 Å². The predicted octanol–water partition coefficient (Wildman–Crippen LogP) is 5.37. The monoisotopic (exact) mass is 498 g/mol. The van der Waals surface area contributed by atoms with E-state index in [1.807, 2.05) is 62.3 Å². The van der Waals surface area contributed by atoms with Gasteiger partial charge in [-0.25, -0.2) is 9.38 Å². The third-order valence-electron chi connectivity index (χ3n) is 5.48. The lowest BCUT2D eigenvalue weighted by atomic mass is 10.00. The van der Waals surface area contributed by atoms with E-state index in [0.717, 1.165) is 10.9 Å². The zero-order valence-corrected chi connectivity index (χ0v) is 20.4. The SMILES string of the molecule is C.CCNC(=O)C#Cc1ccc2c(C(=Nc3ccc(CN(C)C)c(F)c3)c3ccccc3)c(O)[nH]c2c1. The highest BCUT2D eigenvalue weighted by molar-refractivity contribution is 6.22. The summed E-state index contributed by atoms with van der Waals surface area (Å²) in [7, 11) is 3.77. The van der Waals surface area contributed by atoms with E-state index in [1.54, 1.807) is 24.3 Å². The first-order valence-electron chi connectivity index (χ1n) is 11.6. The highest BCUT2D eigenvalue weighted by Crippen LogP contribution is 2.32. The number of nitrogens with zero attached hydrogens (tertiary/aromatic N) is 2. The third kappa shape index (κ3) is 6.43. The zero-order valence-electron chi connectivity index (χ0n) is 20.4. The van der Waals surface area contributed by atoms with Crippen LogP contribution in [0, 0.1) is 17.7 Å². The molecule has 0 radical (unpaired) electrons. The largest absolute Gasteiger partial charge is 0.494 e. The molecule has 37 heavy (non-hydrogen) atoms. The minimum absolute atomic E-state index is 0. The van der Waals surface area contributed by atoms with Gasteiger partial charge in [-0.2, -0.15) is 0 Å². The van der Waals surface area contributed by atoms with Crippen molar-refractivity contribution in [1.29, 1.82) is 0 Å². The Labute approximate surface area is 216 Å². The van der Waals surface area contributed by atoms with Crippen LogP contribution in [0.2, 0.25) is 0 Å². The average Bonchev–Trinajstić information content (AvgIpc) is 3.18. The molecule has 4 rings (SSSR count). The number of hydrogen-bond acceptors (Lipinski definition) is 4. The number of benzene rings is 3. The second-order valence-electron chi connectivity index (χ2n) is 8.56. The van der Waals surface area contributed by atoms with Crippen LogP contribution in [0.25, 0.3) is 10.9 Å². The number of H-pyrrole nitrogens is 1. The molecule has 3 aromatic carbocycles. The fraction of sp³-hybridized carbons (Fsp3) is 0.200. The van der Waals surface area contributed by atoms with Crippen LogP contribution in [0.3, 0.4) is 0 Å². The number of hydrogen-bond donors (Lipinski definition) is 3. The molecule has 0 aliphatic rings. The number of aromatic nitrogens is 1. The number of rotatable bonds is 6. The van der Waals surface area contributed by atoms with E-state index in [4.69, 9.17) is 4.99 Å². The molecular formula is C30H31FN4O2. The summed E-state index contributed by atoms with van der Waals surface area (Å²) in [4.78, 5) is 21.3. The van der Waals surface area contributed by atoms with Crippen molar-refractivity contribution in [2.45, 2.75) is 20.9 Å². The van der Waals surface area contributed by atoms with Crippen molar-refractivity contribution in [3.05, 3.63) is 94.8 Å².